The van der Waals surface area contributed by atoms with Gasteiger partial charge >= 0.3 is 12.1 Å². The average molecular weight is 249 g/mol. The fourth-order valence-electron chi connectivity index (χ4n) is 1.27. The van der Waals surface area contributed by atoms with Crippen LogP contribution in [0, 0.1) is 0 Å². The Balaban J connectivity index is 0.000000325. The molecule has 0 radical (unpaired) electrons. The molecule has 1 aliphatic rings. The summed E-state index contributed by atoms with van der Waals surface area (Å²) in [6.07, 6.45) is 1.62. The molecule has 1 rings (SSSR count). The molecule has 17 heavy (non-hydrogen) atoms. The monoisotopic (exact) mass is 249 g/mol. The van der Waals surface area contributed by atoms with Gasteiger partial charge in [0.25, 0.3) is 0 Å². The smallest absolute Gasteiger partial charge is 0.408 e. The summed E-state index contributed by atoms with van der Waals surface area (Å²) in [5.41, 5.74) is 10.3. The molecule has 0 aromatic heterocycles. The Labute approximate surface area is 98.8 Å². The number of amides is 1. The number of aliphatic carboxylic acids is 1. The highest BCUT2D eigenvalue weighted by Gasteiger charge is 2.22. The number of nitrogens with two attached hydrogens (primary N) is 2. The highest BCUT2D eigenvalue weighted by Crippen LogP contribution is 2.12. The number of aliphatic hydroxyl groups excluding tert-OH is 1. The number of likely N-dealkylation sites (tertiary alicyclic amines) is 1. The number of carboxylic acids is 1. The van der Waals surface area contributed by atoms with Crippen molar-refractivity contribution in [3.63, 3.8) is 0 Å². The highest BCUT2D eigenvalue weighted by molar-refractivity contribution is 5.73. The largest absolute Gasteiger partial charge is 0.480 e. The van der Waals surface area contributed by atoms with E-state index in [1.54, 1.807) is 0 Å². The summed E-state index contributed by atoms with van der Waals surface area (Å²) in [5, 5.41) is 24.5. The van der Waals surface area contributed by atoms with Crippen molar-refractivity contribution in [1.29, 1.82) is 0 Å². The molecule has 0 aliphatic carbocycles. The van der Waals surface area contributed by atoms with Crippen molar-refractivity contribution in [3.8, 4) is 0 Å². The van der Waals surface area contributed by atoms with Gasteiger partial charge in [0.15, 0.2) is 0 Å². The van der Waals surface area contributed by atoms with Crippen LogP contribution in [0.4, 0.5) is 4.79 Å². The summed E-state index contributed by atoms with van der Waals surface area (Å²) < 4.78 is 0. The number of hydrogen-bond acceptors (Lipinski definition) is 5. The Kier molecular flexibility index (Phi) is 7.19. The first-order chi connectivity index (χ1) is 7.90. The molecule has 0 aromatic rings. The Morgan fingerprint density at radius 1 is 1.35 bits per heavy atom. The molecule has 1 saturated heterocycles. The van der Waals surface area contributed by atoms with E-state index in [-0.39, 0.29) is 6.17 Å². The van der Waals surface area contributed by atoms with Gasteiger partial charge < -0.3 is 26.8 Å². The van der Waals surface area contributed by atoms with E-state index in [2.05, 4.69) is 0 Å². The van der Waals surface area contributed by atoms with Crippen LogP contribution in [-0.4, -0.2) is 57.6 Å². The van der Waals surface area contributed by atoms with Crippen LogP contribution in [0.3, 0.4) is 0 Å². The van der Waals surface area contributed by atoms with Crippen LogP contribution in [0.5, 0.6) is 0 Å². The molecule has 0 bridgehead atoms. The van der Waals surface area contributed by atoms with Gasteiger partial charge in [-0.2, -0.15) is 0 Å². The van der Waals surface area contributed by atoms with Crippen LogP contribution < -0.4 is 11.5 Å². The third kappa shape index (κ3) is 6.05. The zero-order chi connectivity index (χ0) is 13.4. The minimum Gasteiger partial charge on any atom is -0.480 e. The molecule has 1 amide bonds. The number of hydrogen-bond donors (Lipinski definition) is 5. The first-order valence-corrected chi connectivity index (χ1v) is 5.24. The summed E-state index contributed by atoms with van der Waals surface area (Å²) in [6.45, 7) is 0.0891. The van der Waals surface area contributed by atoms with Crippen LogP contribution in [0.25, 0.3) is 0 Å². The van der Waals surface area contributed by atoms with Gasteiger partial charge in [-0.25, -0.2) is 4.79 Å². The maximum absolute atomic E-state index is 10.4. The van der Waals surface area contributed by atoms with Crippen LogP contribution >= 0.6 is 0 Å². The van der Waals surface area contributed by atoms with Crippen LogP contribution in [-0.2, 0) is 4.79 Å². The quantitative estimate of drug-likeness (QED) is 0.413. The topological polar surface area (TPSA) is 150 Å². The Bertz CT molecular complexity index is 261. The van der Waals surface area contributed by atoms with Crippen LogP contribution in [0.15, 0.2) is 0 Å². The molecule has 2 atom stereocenters. The lowest BCUT2D eigenvalue weighted by molar-refractivity contribution is -0.139. The summed E-state index contributed by atoms with van der Waals surface area (Å²) in [5.74, 6) is -1.18. The van der Waals surface area contributed by atoms with Gasteiger partial charge in [0.1, 0.15) is 6.04 Å². The van der Waals surface area contributed by atoms with Crippen molar-refractivity contribution >= 4 is 12.1 Å². The lowest BCUT2D eigenvalue weighted by atomic mass is 10.1. The minimum absolute atomic E-state index is 0.272. The van der Waals surface area contributed by atoms with Gasteiger partial charge in [-0.3, -0.25) is 9.69 Å². The molecular weight excluding hydrogens is 230 g/mol. The zero-order valence-corrected chi connectivity index (χ0v) is 9.45. The molecule has 0 aromatic carbocycles. The van der Waals surface area contributed by atoms with E-state index in [1.165, 1.54) is 4.90 Å². The average Bonchev–Trinajstić information content (AvgIpc) is 2.28. The molecule has 8 nitrogen and oxygen atoms in total. The Hall–Kier alpha value is -1.38. The molecule has 100 valence electrons. The lowest BCUT2D eigenvalue weighted by Crippen LogP contribution is -2.48. The second-order valence-electron chi connectivity index (χ2n) is 3.67. The number of carbonyl (C=O) groups is 2. The maximum Gasteiger partial charge on any atom is 0.408 e. The maximum atomic E-state index is 10.4. The van der Waals surface area contributed by atoms with E-state index < -0.39 is 24.7 Å². The molecule has 0 saturated carbocycles. The van der Waals surface area contributed by atoms with Crippen molar-refractivity contribution in [2.45, 2.75) is 31.5 Å². The lowest BCUT2D eigenvalue weighted by Gasteiger charge is -2.30. The van der Waals surface area contributed by atoms with E-state index in [1.807, 2.05) is 0 Å². The van der Waals surface area contributed by atoms with Crippen molar-refractivity contribution in [2.24, 2.45) is 11.5 Å². The third-order valence-electron chi connectivity index (χ3n) is 2.31. The number of aliphatic hydroxyl groups is 1. The van der Waals surface area contributed by atoms with Gasteiger partial charge in [0, 0.05) is 6.54 Å². The molecule has 1 aliphatic heterocycles. The van der Waals surface area contributed by atoms with E-state index in [9.17, 15) is 9.59 Å². The zero-order valence-electron chi connectivity index (χ0n) is 9.45. The van der Waals surface area contributed by atoms with Crippen molar-refractivity contribution in [1.82, 2.24) is 4.90 Å². The van der Waals surface area contributed by atoms with Crippen molar-refractivity contribution in [2.75, 3.05) is 13.2 Å². The van der Waals surface area contributed by atoms with Gasteiger partial charge in [-0.05, 0) is 19.3 Å². The number of piperidine rings is 1. The summed E-state index contributed by atoms with van der Waals surface area (Å²) in [6, 6.07) is -1.13. The molecule has 1 heterocycles. The van der Waals surface area contributed by atoms with Gasteiger partial charge in [0.05, 0.1) is 12.8 Å². The number of carboxylic acid groups (broad SMARTS) is 2. The molecule has 1 unspecified atom stereocenters. The van der Waals surface area contributed by atoms with Gasteiger partial charge in [0.2, 0.25) is 0 Å². The fourth-order valence-corrected chi connectivity index (χ4v) is 1.27. The summed E-state index contributed by atoms with van der Waals surface area (Å²) in [4.78, 5) is 21.4. The summed E-state index contributed by atoms with van der Waals surface area (Å²) in [7, 11) is 0. The minimum atomic E-state index is -1.18. The Morgan fingerprint density at radius 3 is 2.18 bits per heavy atom. The van der Waals surface area contributed by atoms with Crippen LogP contribution in [0.2, 0.25) is 0 Å². The van der Waals surface area contributed by atoms with E-state index in [0.29, 0.717) is 6.54 Å². The van der Waals surface area contributed by atoms with Gasteiger partial charge in [-0.1, -0.05) is 0 Å². The standard InChI is InChI=1S/C6H12N2O2.C3H7NO3/c7-5-3-1-2-4-8(5)6(9)10;4-2(1-5)3(6)7/h5H,1-4,7H2,(H,9,10);2,5H,1,4H2,(H,6,7)/t;2-/m.0/s1. The molecule has 0 spiro atoms. The third-order valence-corrected chi connectivity index (χ3v) is 2.31. The van der Waals surface area contributed by atoms with E-state index >= 15 is 0 Å². The fraction of sp³-hybridized carbons (Fsp3) is 0.778. The molecule has 8 heteroatoms. The molecule has 7 N–H and O–H groups in total. The molecule has 1 fully saturated rings. The van der Waals surface area contributed by atoms with Crippen LogP contribution in [0.1, 0.15) is 19.3 Å². The number of nitrogens with zero attached hydrogens (tertiary/aromatic N) is 1. The van der Waals surface area contributed by atoms with Crippen molar-refractivity contribution < 1.29 is 24.9 Å². The first kappa shape index (κ1) is 15.6. The normalized spacial score (nSPS) is 21.1. The second kappa shape index (κ2) is 7.82. The highest BCUT2D eigenvalue weighted by atomic mass is 16.4. The number of rotatable bonds is 2. The first-order valence-electron chi connectivity index (χ1n) is 5.24. The summed E-state index contributed by atoms with van der Waals surface area (Å²) >= 11 is 0. The second-order valence-corrected chi connectivity index (χ2v) is 3.67. The SMILES string of the molecule is NC1CCCCN1C(=O)O.N[C@@H](CO)C(=O)O. The van der Waals surface area contributed by atoms with Gasteiger partial charge in [-0.15, -0.1) is 0 Å². The van der Waals surface area contributed by atoms with E-state index in [0.717, 1.165) is 19.3 Å². The van der Waals surface area contributed by atoms with E-state index in [4.69, 9.17) is 26.8 Å². The predicted molar refractivity (Wildman–Crippen MR) is 59.3 cm³/mol. The predicted octanol–water partition coefficient (Wildman–Crippen LogP) is -1.17. The molecular formula is C9H19N3O5. The Morgan fingerprint density at radius 2 is 1.94 bits per heavy atom. The van der Waals surface area contributed by atoms with Crippen molar-refractivity contribution in [3.05, 3.63) is 0 Å².